The van der Waals surface area contributed by atoms with Crippen molar-refractivity contribution >= 4 is 5.91 Å². The van der Waals surface area contributed by atoms with Gasteiger partial charge in [0.15, 0.2) is 0 Å². The van der Waals surface area contributed by atoms with Gasteiger partial charge in [-0.25, -0.2) is 4.98 Å². The zero-order valence-corrected chi connectivity index (χ0v) is 16.4. The maximum Gasteiger partial charge on any atom is 0.253 e. The molecule has 2 aliphatic rings. The standard InChI is InChI=1S/C20H32N4O2/c1-15(2)19-10-20(26)24(14-21-19)12-17-4-7-22(8-5-17)11-18-6-9-23(13-18)16(3)25/h10,14-15,17-18H,4-9,11-13H2,1-3H3. The lowest BCUT2D eigenvalue weighted by atomic mass is 9.95. The van der Waals surface area contributed by atoms with Crippen molar-refractivity contribution in [3.63, 3.8) is 0 Å². The molecule has 0 N–H and O–H groups in total. The van der Waals surface area contributed by atoms with Crippen LogP contribution in [0.1, 0.15) is 51.6 Å². The third kappa shape index (κ3) is 4.72. The van der Waals surface area contributed by atoms with E-state index in [-0.39, 0.29) is 17.4 Å². The number of aromatic nitrogens is 2. The summed E-state index contributed by atoms with van der Waals surface area (Å²) in [5.74, 6) is 1.66. The van der Waals surface area contributed by atoms with E-state index < -0.39 is 0 Å². The van der Waals surface area contributed by atoms with Gasteiger partial charge in [-0.2, -0.15) is 0 Å². The third-order valence-electron chi connectivity index (χ3n) is 5.90. The normalized spacial score (nSPS) is 22.3. The molecule has 0 bridgehead atoms. The van der Waals surface area contributed by atoms with Crippen LogP contribution < -0.4 is 5.56 Å². The molecule has 2 fully saturated rings. The van der Waals surface area contributed by atoms with Gasteiger partial charge in [0.05, 0.1) is 12.0 Å². The van der Waals surface area contributed by atoms with Gasteiger partial charge in [0, 0.05) is 39.2 Å². The zero-order chi connectivity index (χ0) is 18.7. The van der Waals surface area contributed by atoms with Gasteiger partial charge in [-0.1, -0.05) is 13.8 Å². The van der Waals surface area contributed by atoms with Crippen LogP contribution in [-0.2, 0) is 11.3 Å². The Labute approximate surface area is 156 Å². The lowest BCUT2D eigenvalue weighted by molar-refractivity contribution is -0.127. The van der Waals surface area contributed by atoms with Gasteiger partial charge >= 0.3 is 0 Å². The highest BCUT2D eigenvalue weighted by atomic mass is 16.2. The fraction of sp³-hybridized carbons (Fsp3) is 0.750. The van der Waals surface area contributed by atoms with Crippen LogP contribution in [0.5, 0.6) is 0 Å². The molecule has 3 rings (SSSR count). The van der Waals surface area contributed by atoms with Crippen molar-refractivity contribution in [2.75, 3.05) is 32.7 Å². The van der Waals surface area contributed by atoms with Gasteiger partial charge in [-0.15, -0.1) is 0 Å². The van der Waals surface area contributed by atoms with Crippen molar-refractivity contribution in [2.45, 2.75) is 52.5 Å². The number of likely N-dealkylation sites (tertiary alicyclic amines) is 2. The predicted octanol–water partition coefficient (Wildman–Crippen LogP) is 1.95. The van der Waals surface area contributed by atoms with E-state index in [4.69, 9.17) is 0 Å². The molecule has 6 nitrogen and oxygen atoms in total. The maximum atomic E-state index is 12.3. The lowest BCUT2D eigenvalue weighted by Gasteiger charge is -2.33. The Bertz CT molecular complexity index is 677. The minimum Gasteiger partial charge on any atom is -0.343 e. The van der Waals surface area contributed by atoms with E-state index in [2.05, 4.69) is 23.7 Å². The highest BCUT2D eigenvalue weighted by Crippen LogP contribution is 2.23. The molecule has 26 heavy (non-hydrogen) atoms. The molecule has 1 amide bonds. The number of piperidine rings is 1. The maximum absolute atomic E-state index is 12.3. The molecular formula is C20H32N4O2. The van der Waals surface area contributed by atoms with Crippen molar-refractivity contribution in [2.24, 2.45) is 11.8 Å². The molecule has 0 radical (unpaired) electrons. The predicted molar refractivity (Wildman–Crippen MR) is 102 cm³/mol. The second-order valence-corrected chi connectivity index (χ2v) is 8.32. The second kappa shape index (κ2) is 8.33. The average molecular weight is 361 g/mol. The van der Waals surface area contributed by atoms with Gasteiger partial charge in [-0.05, 0) is 50.1 Å². The topological polar surface area (TPSA) is 58.4 Å². The Morgan fingerprint density at radius 2 is 1.85 bits per heavy atom. The van der Waals surface area contributed by atoms with E-state index in [0.717, 1.165) is 64.2 Å². The van der Waals surface area contributed by atoms with Crippen LogP contribution in [0.2, 0.25) is 0 Å². The highest BCUT2D eigenvalue weighted by Gasteiger charge is 2.27. The van der Waals surface area contributed by atoms with Crippen LogP contribution >= 0.6 is 0 Å². The SMILES string of the molecule is CC(=O)N1CCC(CN2CCC(Cn3cnc(C(C)C)cc3=O)CC2)C1. The molecule has 0 spiro atoms. The minimum atomic E-state index is 0.0707. The second-order valence-electron chi connectivity index (χ2n) is 8.32. The summed E-state index contributed by atoms with van der Waals surface area (Å²) in [6, 6.07) is 1.68. The number of amides is 1. The first-order valence-electron chi connectivity index (χ1n) is 9.96. The largest absolute Gasteiger partial charge is 0.343 e. The van der Waals surface area contributed by atoms with Crippen LogP contribution in [0.3, 0.4) is 0 Å². The number of carbonyl (C=O) groups is 1. The summed E-state index contributed by atoms with van der Waals surface area (Å²) in [5, 5.41) is 0. The molecule has 3 heterocycles. The number of hydrogen-bond donors (Lipinski definition) is 0. The molecule has 0 saturated carbocycles. The highest BCUT2D eigenvalue weighted by molar-refractivity contribution is 5.73. The van der Waals surface area contributed by atoms with E-state index >= 15 is 0 Å². The Morgan fingerprint density at radius 3 is 2.42 bits per heavy atom. The molecule has 2 aliphatic heterocycles. The summed E-state index contributed by atoms with van der Waals surface area (Å²) in [6.07, 6.45) is 5.10. The third-order valence-corrected chi connectivity index (χ3v) is 5.90. The summed E-state index contributed by atoms with van der Waals surface area (Å²) in [5.41, 5.74) is 0.943. The van der Waals surface area contributed by atoms with Crippen LogP contribution in [-0.4, -0.2) is 58.0 Å². The molecular weight excluding hydrogens is 328 g/mol. The molecule has 6 heteroatoms. The summed E-state index contributed by atoms with van der Waals surface area (Å²) < 4.78 is 1.77. The van der Waals surface area contributed by atoms with Gasteiger partial charge in [-0.3, -0.25) is 14.2 Å². The molecule has 1 atom stereocenters. The van der Waals surface area contributed by atoms with E-state index in [1.165, 1.54) is 0 Å². The number of rotatable bonds is 5. The molecule has 0 aromatic carbocycles. The van der Waals surface area contributed by atoms with Crippen molar-refractivity contribution in [1.82, 2.24) is 19.4 Å². The van der Waals surface area contributed by atoms with E-state index in [1.807, 2.05) is 4.90 Å². The molecule has 1 aromatic heterocycles. The Hall–Kier alpha value is -1.69. The smallest absolute Gasteiger partial charge is 0.253 e. The van der Waals surface area contributed by atoms with E-state index in [0.29, 0.717) is 11.8 Å². The fourth-order valence-corrected chi connectivity index (χ4v) is 4.16. The van der Waals surface area contributed by atoms with Crippen molar-refractivity contribution < 1.29 is 4.79 Å². The zero-order valence-electron chi connectivity index (χ0n) is 16.4. The monoisotopic (exact) mass is 360 g/mol. The van der Waals surface area contributed by atoms with Gasteiger partial charge in [0.25, 0.3) is 5.56 Å². The van der Waals surface area contributed by atoms with Crippen molar-refractivity contribution in [3.8, 4) is 0 Å². The summed E-state index contributed by atoms with van der Waals surface area (Å²) in [6.45, 7) is 11.7. The first-order chi connectivity index (χ1) is 12.4. The summed E-state index contributed by atoms with van der Waals surface area (Å²) in [4.78, 5) is 32.7. The van der Waals surface area contributed by atoms with Crippen LogP contribution in [0.4, 0.5) is 0 Å². The molecule has 0 aliphatic carbocycles. The molecule has 2 saturated heterocycles. The molecule has 144 valence electrons. The Kier molecular flexibility index (Phi) is 6.12. The van der Waals surface area contributed by atoms with Gasteiger partial charge in [0.1, 0.15) is 0 Å². The fourth-order valence-electron chi connectivity index (χ4n) is 4.16. The Balaban J connectivity index is 1.46. The first-order valence-corrected chi connectivity index (χ1v) is 9.96. The van der Waals surface area contributed by atoms with Gasteiger partial charge in [0.2, 0.25) is 5.91 Å². The summed E-state index contributed by atoms with van der Waals surface area (Å²) in [7, 11) is 0. The summed E-state index contributed by atoms with van der Waals surface area (Å²) >= 11 is 0. The van der Waals surface area contributed by atoms with E-state index in [1.54, 1.807) is 23.9 Å². The number of nitrogens with zero attached hydrogens (tertiary/aromatic N) is 4. The lowest BCUT2D eigenvalue weighted by Crippen LogP contribution is -2.39. The number of hydrogen-bond acceptors (Lipinski definition) is 4. The Morgan fingerprint density at radius 1 is 1.15 bits per heavy atom. The average Bonchev–Trinajstić information content (AvgIpc) is 3.07. The minimum absolute atomic E-state index is 0.0707. The van der Waals surface area contributed by atoms with Crippen LogP contribution in [0.25, 0.3) is 0 Å². The van der Waals surface area contributed by atoms with Crippen LogP contribution in [0.15, 0.2) is 17.2 Å². The molecule has 1 unspecified atom stereocenters. The van der Waals surface area contributed by atoms with Crippen LogP contribution in [0, 0.1) is 11.8 Å². The van der Waals surface area contributed by atoms with Gasteiger partial charge < -0.3 is 9.80 Å². The van der Waals surface area contributed by atoms with E-state index in [9.17, 15) is 9.59 Å². The van der Waals surface area contributed by atoms with Crippen molar-refractivity contribution in [1.29, 1.82) is 0 Å². The first kappa shape index (κ1) is 19.1. The number of carbonyl (C=O) groups excluding carboxylic acids is 1. The van der Waals surface area contributed by atoms with Crippen molar-refractivity contribution in [3.05, 3.63) is 28.4 Å². The quantitative estimate of drug-likeness (QED) is 0.805. The molecule has 1 aromatic rings.